The third kappa shape index (κ3) is 4.82. The average Bonchev–Trinajstić information content (AvgIpc) is 2.98. The molecule has 0 radical (unpaired) electrons. The highest BCUT2D eigenvalue weighted by Gasteiger charge is 2.34. The Morgan fingerprint density at radius 3 is 2.73 bits per heavy atom. The molecule has 0 unspecified atom stereocenters. The molecule has 0 saturated carbocycles. The van der Waals surface area contributed by atoms with Gasteiger partial charge in [0.2, 0.25) is 11.0 Å². The van der Waals surface area contributed by atoms with Crippen LogP contribution in [0, 0.1) is 5.92 Å². The van der Waals surface area contributed by atoms with Crippen molar-refractivity contribution in [3.63, 3.8) is 0 Å². The molecule has 1 amide bonds. The van der Waals surface area contributed by atoms with Crippen molar-refractivity contribution in [3.8, 4) is 0 Å². The van der Waals surface area contributed by atoms with Crippen molar-refractivity contribution >= 4 is 44.0 Å². The summed E-state index contributed by atoms with van der Waals surface area (Å²) in [5.41, 5.74) is 5.51. The van der Waals surface area contributed by atoms with E-state index in [1.54, 1.807) is 4.90 Å². The molecular weight excluding hydrogens is 344 g/mol. The molecule has 1 aromatic heterocycles. The fraction of sp³-hybridized carbons (Fsp3) is 0.750. The molecule has 1 atom stereocenters. The monoisotopic (exact) mass is 364 g/mol. The van der Waals surface area contributed by atoms with Gasteiger partial charge in [-0.1, -0.05) is 36.9 Å². The Bertz CT molecular complexity index is 629. The van der Waals surface area contributed by atoms with Crippen molar-refractivity contribution in [3.05, 3.63) is 0 Å². The van der Waals surface area contributed by atoms with Crippen molar-refractivity contribution in [2.45, 2.75) is 30.6 Å². The Labute approximate surface area is 138 Å². The predicted octanol–water partition coefficient (Wildman–Crippen LogP) is 0.884. The molecule has 0 bridgehead atoms. The molecule has 0 aromatic carbocycles. The SMILES string of the molecule is CC(C)CN(C(=O)CSc1nnc(N)s1)[C@H]1CCS(=O)(=O)C1. The van der Waals surface area contributed by atoms with Gasteiger partial charge in [0.25, 0.3) is 0 Å². The lowest BCUT2D eigenvalue weighted by Gasteiger charge is -2.29. The van der Waals surface area contributed by atoms with E-state index >= 15 is 0 Å². The first-order chi connectivity index (χ1) is 10.3. The number of aromatic nitrogens is 2. The standard InChI is InChI=1S/C12H20N4O3S3/c1-8(2)5-16(9-3-4-22(18,19)7-9)10(17)6-20-12-15-14-11(13)21-12/h8-9H,3-7H2,1-2H3,(H2,13,14)/t9-/m0/s1. The minimum atomic E-state index is -3.01. The molecule has 2 N–H and O–H groups in total. The minimum absolute atomic E-state index is 0.0606. The summed E-state index contributed by atoms with van der Waals surface area (Å²) < 4.78 is 24.0. The third-order valence-corrected chi connectivity index (χ3v) is 6.89. The summed E-state index contributed by atoms with van der Waals surface area (Å²) in [6.07, 6.45) is 0.525. The third-order valence-electron chi connectivity index (χ3n) is 3.27. The van der Waals surface area contributed by atoms with Crippen LogP contribution < -0.4 is 5.73 Å². The number of carbonyl (C=O) groups is 1. The Morgan fingerprint density at radius 2 is 2.23 bits per heavy atom. The number of thioether (sulfide) groups is 1. The van der Waals surface area contributed by atoms with Crippen LogP contribution >= 0.6 is 23.1 Å². The Hall–Kier alpha value is -0.870. The topological polar surface area (TPSA) is 106 Å². The second kappa shape index (κ2) is 7.14. The fourth-order valence-corrected chi connectivity index (χ4v) is 5.61. The van der Waals surface area contributed by atoms with E-state index in [-0.39, 0.29) is 35.1 Å². The molecule has 10 heteroatoms. The smallest absolute Gasteiger partial charge is 0.233 e. The van der Waals surface area contributed by atoms with Crippen molar-refractivity contribution in [2.24, 2.45) is 5.92 Å². The predicted molar refractivity (Wildman–Crippen MR) is 88.7 cm³/mol. The molecular formula is C12H20N4O3S3. The van der Waals surface area contributed by atoms with E-state index in [9.17, 15) is 13.2 Å². The van der Waals surface area contributed by atoms with Crippen molar-refractivity contribution < 1.29 is 13.2 Å². The number of sulfone groups is 1. The lowest BCUT2D eigenvalue weighted by molar-refractivity contribution is -0.130. The molecule has 2 heterocycles. The summed E-state index contributed by atoms with van der Waals surface area (Å²) in [6.45, 7) is 4.60. The van der Waals surface area contributed by atoms with Crippen LogP contribution in [-0.2, 0) is 14.6 Å². The van der Waals surface area contributed by atoms with E-state index in [0.717, 1.165) is 0 Å². The summed E-state index contributed by atoms with van der Waals surface area (Å²) >= 11 is 2.53. The summed E-state index contributed by atoms with van der Waals surface area (Å²) in [6, 6.07) is -0.208. The zero-order valence-electron chi connectivity index (χ0n) is 12.6. The molecule has 1 aliphatic heterocycles. The Kier molecular flexibility index (Phi) is 5.67. The molecule has 1 fully saturated rings. The van der Waals surface area contributed by atoms with Crippen LogP contribution in [0.2, 0.25) is 0 Å². The van der Waals surface area contributed by atoms with E-state index in [1.807, 2.05) is 13.8 Å². The molecule has 0 spiro atoms. The molecule has 124 valence electrons. The molecule has 7 nitrogen and oxygen atoms in total. The number of carbonyl (C=O) groups excluding carboxylic acids is 1. The van der Waals surface area contributed by atoms with Gasteiger partial charge in [-0.05, 0) is 12.3 Å². The molecule has 22 heavy (non-hydrogen) atoms. The first-order valence-electron chi connectivity index (χ1n) is 6.98. The first kappa shape index (κ1) is 17.5. The van der Waals surface area contributed by atoms with Crippen LogP contribution in [0.4, 0.5) is 5.13 Å². The normalized spacial score (nSPS) is 20.4. The molecule has 0 aliphatic carbocycles. The molecule has 1 saturated heterocycles. The maximum atomic E-state index is 12.5. The van der Waals surface area contributed by atoms with Crippen LogP contribution in [0.5, 0.6) is 0 Å². The molecule has 1 aromatic rings. The zero-order chi connectivity index (χ0) is 16.3. The number of hydrogen-bond donors (Lipinski definition) is 1. The maximum absolute atomic E-state index is 12.5. The van der Waals surface area contributed by atoms with Gasteiger partial charge in [0.15, 0.2) is 14.2 Å². The number of nitrogen functional groups attached to an aromatic ring is 1. The lowest BCUT2D eigenvalue weighted by atomic mass is 10.1. The van der Waals surface area contributed by atoms with Gasteiger partial charge in [-0.25, -0.2) is 8.42 Å². The highest BCUT2D eigenvalue weighted by molar-refractivity contribution is 8.01. The van der Waals surface area contributed by atoms with Crippen molar-refractivity contribution in [1.82, 2.24) is 15.1 Å². The number of nitrogens with two attached hydrogens (primary N) is 1. The largest absolute Gasteiger partial charge is 0.374 e. The number of amides is 1. The van der Waals surface area contributed by atoms with E-state index in [4.69, 9.17) is 5.73 Å². The minimum Gasteiger partial charge on any atom is -0.374 e. The number of hydrogen-bond acceptors (Lipinski definition) is 8. The van der Waals surface area contributed by atoms with Crippen LogP contribution in [-0.4, -0.2) is 59.3 Å². The van der Waals surface area contributed by atoms with E-state index in [1.165, 1.54) is 23.1 Å². The van der Waals surface area contributed by atoms with Gasteiger partial charge in [-0.2, -0.15) is 0 Å². The summed E-state index contributed by atoms with van der Waals surface area (Å²) in [5, 5.41) is 7.95. The number of nitrogens with zero attached hydrogens (tertiary/aromatic N) is 3. The second-order valence-corrected chi connectivity index (χ2v) is 10.2. The summed E-state index contributed by atoms with van der Waals surface area (Å²) in [7, 11) is -3.01. The summed E-state index contributed by atoms with van der Waals surface area (Å²) in [5.74, 6) is 0.684. The van der Waals surface area contributed by atoms with Crippen molar-refractivity contribution in [1.29, 1.82) is 0 Å². The van der Waals surface area contributed by atoms with Crippen LogP contribution in [0.15, 0.2) is 4.34 Å². The lowest BCUT2D eigenvalue weighted by Crippen LogP contribution is -2.44. The molecule has 2 rings (SSSR count). The number of rotatable bonds is 6. The average molecular weight is 365 g/mol. The number of anilines is 1. The fourth-order valence-electron chi connectivity index (χ4n) is 2.35. The van der Waals surface area contributed by atoms with Gasteiger partial charge in [0, 0.05) is 12.6 Å². The zero-order valence-corrected chi connectivity index (χ0v) is 15.0. The highest BCUT2D eigenvalue weighted by Crippen LogP contribution is 2.25. The van der Waals surface area contributed by atoms with Gasteiger partial charge in [0.1, 0.15) is 0 Å². The van der Waals surface area contributed by atoms with Gasteiger partial charge < -0.3 is 10.6 Å². The maximum Gasteiger partial charge on any atom is 0.233 e. The van der Waals surface area contributed by atoms with Gasteiger partial charge >= 0.3 is 0 Å². The van der Waals surface area contributed by atoms with Gasteiger partial charge in [0.05, 0.1) is 17.3 Å². The first-order valence-corrected chi connectivity index (χ1v) is 10.6. The van der Waals surface area contributed by atoms with Crippen LogP contribution in [0.1, 0.15) is 20.3 Å². The van der Waals surface area contributed by atoms with Gasteiger partial charge in [-0.15, -0.1) is 10.2 Å². The molecule has 1 aliphatic rings. The van der Waals surface area contributed by atoms with Crippen molar-refractivity contribution in [2.75, 3.05) is 29.5 Å². The van der Waals surface area contributed by atoms with E-state index < -0.39 is 9.84 Å². The van der Waals surface area contributed by atoms with Gasteiger partial charge in [-0.3, -0.25) is 4.79 Å². The van der Waals surface area contributed by atoms with E-state index in [0.29, 0.717) is 22.4 Å². The van der Waals surface area contributed by atoms with E-state index in [2.05, 4.69) is 10.2 Å². The van der Waals surface area contributed by atoms with Crippen LogP contribution in [0.3, 0.4) is 0 Å². The van der Waals surface area contributed by atoms with Crippen LogP contribution in [0.25, 0.3) is 0 Å². The Morgan fingerprint density at radius 1 is 1.50 bits per heavy atom. The Balaban J connectivity index is 2.00. The highest BCUT2D eigenvalue weighted by atomic mass is 32.2. The quantitative estimate of drug-likeness (QED) is 0.747. The summed E-state index contributed by atoms with van der Waals surface area (Å²) in [4.78, 5) is 14.2. The second-order valence-electron chi connectivity index (χ2n) is 5.69.